The first-order chi connectivity index (χ1) is 9.84. The lowest BCUT2D eigenvalue weighted by Gasteiger charge is -2.39. The molecule has 1 aliphatic rings. The zero-order valence-electron chi connectivity index (χ0n) is 13.5. The minimum atomic E-state index is -0.561. The van der Waals surface area contributed by atoms with Crippen molar-refractivity contribution in [1.82, 2.24) is 19.6 Å². The quantitative estimate of drug-likeness (QED) is 0.845. The van der Waals surface area contributed by atoms with Gasteiger partial charge in [0.2, 0.25) is 0 Å². The molecule has 1 unspecified atom stereocenters. The second kappa shape index (κ2) is 6.77. The lowest BCUT2D eigenvalue weighted by atomic mass is 9.92. The third kappa shape index (κ3) is 3.67. The van der Waals surface area contributed by atoms with Crippen molar-refractivity contribution in [2.75, 3.05) is 33.7 Å². The Labute approximate surface area is 136 Å². The van der Waals surface area contributed by atoms with Crippen LogP contribution in [0, 0.1) is 0 Å². The van der Waals surface area contributed by atoms with Gasteiger partial charge in [0.1, 0.15) is 6.10 Å². The van der Waals surface area contributed by atoms with Crippen LogP contribution in [0.25, 0.3) is 0 Å². The summed E-state index contributed by atoms with van der Waals surface area (Å²) in [5.74, 6) is 0. The molecule has 0 bridgehead atoms. The first-order valence-corrected chi connectivity index (χ1v) is 8.42. The maximum atomic E-state index is 11.0. The summed E-state index contributed by atoms with van der Waals surface area (Å²) in [4.78, 5) is 4.50. The number of likely N-dealkylation sites (tertiary alicyclic amines) is 1. The van der Waals surface area contributed by atoms with Crippen molar-refractivity contribution in [2.45, 2.75) is 44.9 Å². The van der Waals surface area contributed by atoms with E-state index in [4.69, 9.17) is 0 Å². The van der Waals surface area contributed by atoms with Crippen molar-refractivity contribution < 1.29 is 5.11 Å². The van der Waals surface area contributed by atoms with Crippen LogP contribution in [0.2, 0.25) is 0 Å². The molecule has 0 radical (unpaired) electrons. The molecule has 0 spiro atoms. The Hall–Kier alpha value is -0.430. The maximum absolute atomic E-state index is 11.0. The highest BCUT2D eigenvalue weighted by molar-refractivity contribution is 9.10. The molecule has 6 heteroatoms. The molecule has 1 aliphatic heterocycles. The summed E-state index contributed by atoms with van der Waals surface area (Å²) in [5.41, 5.74) is 0.600. The van der Waals surface area contributed by atoms with Gasteiger partial charge in [-0.05, 0) is 69.8 Å². The molecule has 1 saturated heterocycles. The third-order valence-electron chi connectivity index (χ3n) is 4.44. The summed E-state index contributed by atoms with van der Waals surface area (Å²) in [6.07, 6.45) is 3.66. The van der Waals surface area contributed by atoms with Gasteiger partial charge < -0.3 is 10.0 Å². The first-order valence-electron chi connectivity index (χ1n) is 7.63. The van der Waals surface area contributed by atoms with Crippen LogP contribution in [0.15, 0.2) is 10.7 Å². The predicted molar refractivity (Wildman–Crippen MR) is 88.3 cm³/mol. The minimum absolute atomic E-state index is 0.283. The van der Waals surface area contributed by atoms with Gasteiger partial charge in [-0.1, -0.05) is 0 Å². The fraction of sp³-hybridized carbons (Fsp3) is 0.800. The van der Waals surface area contributed by atoms with Gasteiger partial charge in [-0.2, -0.15) is 5.10 Å². The van der Waals surface area contributed by atoms with Gasteiger partial charge in [0.15, 0.2) is 0 Å². The van der Waals surface area contributed by atoms with Gasteiger partial charge in [0.05, 0.1) is 22.9 Å². The number of hydrogen-bond donors (Lipinski definition) is 1. The van der Waals surface area contributed by atoms with Crippen LogP contribution in [0.5, 0.6) is 0 Å². The van der Waals surface area contributed by atoms with Crippen LogP contribution >= 0.6 is 15.9 Å². The van der Waals surface area contributed by atoms with Crippen molar-refractivity contribution in [3.8, 4) is 0 Å². The molecule has 0 amide bonds. The third-order valence-corrected chi connectivity index (χ3v) is 5.05. The van der Waals surface area contributed by atoms with E-state index < -0.39 is 6.10 Å². The number of hydrogen-bond acceptors (Lipinski definition) is 4. The Morgan fingerprint density at radius 2 is 2.00 bits per heavy atom. The lowest BCUT2D eigenvalue weighted by Crippen LogP contribution is -2.47. The van der Waals surface area contributed by atoms with Crippen LogP contribution < -0.4 is 0 Å². The van der Waals surface area contributed by atoms with Crippen LogP contribution in [0.1, 0.15) is 38.5 Å². The van der Waals surface area contributed by atoms with Gasteiger partial charge >= 0.3 is 0 Å². The van der Waals surface area contributed by atoms with Gasteiger partial charge in [0, 0.05) is 12.1 Å². The smallest absolute Gasteiger partial charge is 0.114 e. The zero-order chi connectivity index (χ0) is 15.6. The molecular weight excluding hydrogens is 332 g/mol. The average molecular weight is 359 g/mol. The lowest BCUT2D eigenvalue weighted by molar-refractivity contribution is -0.00443. The summed E-state index contributed by atoms with van der Waals surface area (Å²) >= 11 is 3.55. The van der Waals surface area contributed by atoms with E-state index in [1.807, 2.05) is 18.8 Å². The Morgan fingerprint density at radius 3 is 2.57 bits per heavy atom. The van der Waals surface area contributed by atoms with Crippen LogP contribution in [0.3, 0.4) is 0 Å². The molecule has 1 fully saturated rings. The van der Waals surface area contributed by atoms with E-state index in [-0.39, 0.29) is 5.54 Å². The van der Waals surface area contributed by atoms with Crippen LogP contribution in [-0.4, -0.2) is 64.0 Å². The van der Waals surface area contributed by atoms with Crippen LogP contribution in [-0.2, 0) is 6.54 Å². The molecule has 2 heterocycles. The summed E-state index contributed by atoms with van der Waals surface area (Å²) in [7, 11) is 4.09. The molecule has 1 aromatic rings. The molecule has 5 nitrogen and oxygen atoms in total. The number of nitrogens with zero attached hydrogens (tertiary/aromatic N) is 4. The van der Waals surface area contributed by atoms with E-state index in [1.165, 1.54) is 12.8 Å². The normalized spacial score (nSPS) is 18.6. The van der Waals surface area contributed by atoms with Gasteiger partial charge in [0.25, 0.3) is 0 Å². The molecule has 1 aromatic heterocycles. The van der Waals surface area contributed by atoms with E-state index in [1.54, 1.807) is 6.20 Å². The maximum Gasteiger partial charge on any atom is 0.114 e. The second-order valence-electron chi connectivity index (χ2n) is 6.65. The number of aliphatic hydroxyl groups is 1. The first kappa shape index (κ1) is 16.9. The average Bonchev–Trinajstić information content (AvgIpc) is 3.05. The predicted octanol–water partition coefficient (Wildman–Crippen LogP) is 2.11. The van der Waals surface area contributed by atoms with Crippen molar-refractivity contribution in [2.24, 2.45) is 0 Å². The molecule has 21 heavy (non-hydrogen) atoms. The fourth-order valence-corrected chi connectivity index (χ4v) is 3.43. The van der Waals surface area contributed by atoms with Crippen molar-refractivity contribution in [1.29, 1.82) is 0 Å². The fourth-order valence-electron chi connectivity index (χ4n) is 2.92. The zero-order valence-corrected chi connectivity index (χ0v) is 15.1. The van der Waals surface area contributed by atoms with E-state index in [0.717, 1.165) is 36.3 Å². The second-order valence-corrected chi connectivity index (χ2v) is 7.51. The summed E-state index contributed by atoms with van der Waals surface area (Å²) in [5, 5.41) is 15.4. The number of halogens is 1. The Bertz CT molecular complexity index is 466. The molecule has 1 atom stereocenters. The summed E-state index contributed by atoms with van der Waals surface area (Å²) in [6, 6.07) is 0. The van der Waals surface area contributed by atoms with Gasteiger partial charge in [-0.3, -0.25) is 9.58 Å². The SMILES string of the molecule is CN(C)CCn1ncc(Br)c1C(O)C(C)(C)N1CCCC1. The van der Waals surface area contributed by atoms with E-state index in [9.17, 15) is 5.11 Å². The highest BCUT2D eigenvalue weighted by Crippen LogP contribution is 2.36. The summed E-state index contributed by atoms with van der Waals surface area (Å²) < 4.78 is 2.81. The molecule has 120 valence electrons. The minimum Gasteiger partial charge on any atom is -0.385 e. The molecule has 2 rings (SSSR count). The monoisotopic (exact) mass is 358 g/mol. The molecule has 0 aliphatic carbocycles. The highest BCUT2D eigenvalue weighted by atomic mass is 79.9. The Balaban J connectivity index is 2.21. The Morgan fingerprint density at radius 1 is 1.38 bits per heavy atom. The van der Waals surface area contributed by atoms with E-state index in [2.05, 4.69) is 44.7 Å². The number of rotatable bonds is 6. The van der Waals surface area contributed by atoms with E-state index >= 15 is 0 Å². The molecule has 0 aromatic carbocycles. The van der Waals surface area contributed by atoms with Crippen molar-refractivity contribution >= 4 is 15.9 Å². The van der Waals surface area contributed by atoms with Gasteiger partial charge in [-0.25, -0.2) is 0 Å². The number of aliphatic hydroxyl groups excluding tert-OH is 1. The molecule has 0 saturated carbocycles. The van der Waals surface area contributed by atoms with Gasteiger partial charge in [-0.15, -0.1) is 0 Å². The topological polar surface area (TPSA) is 44.5 Å². The highest BCUT2D eigenvalue weighted by Gasteiger charge is 2.39. The molecular formula is C15H27BrN4O. The van der Waals surface area contributed by atoms with Crippen molar-refractivity contribution in [3.05, 3.63) is 16.4 Å². The number of likely N-dealkylation sites (N-methyl/N-ethyl adjacent to an activating group) is 1. The standard InChI is InChI=1S/C15H27BrN4O/c1-15(2,19-7-5-6-8-19)14(21)13-12(16)11-17-20(13)10-9-18(3)4/h11,14,21H,5-10H2,1-4H3. The van der Waals surface area contributed by atoms with E-state index in [0.29, 0.717) is 0 Å². The molecule has 1 N–H and O–H groups in total. The van der Waals surface area contributed by atoms with Crippen molar-refractivity contribution in [3.63, 3.8) is 0 Å². The van der Waals surface area contributed by atoms with Crippen LogP contribution in [0.4, 0.5) is 0 Å². The number of aromatic nitrogens is 2. The summed E-state index contributed by atoms with van der Waals surface area (Å²) in [6.45, 7) is 8.05. The largest absolute Gasteiger partial charge is 0.385 e. The Kier molecular flexibility index (Phi) is 5.46.